The molecule has 0 amide bonds. The van der Waals surface area contributed by atoms with Crippen LogP contribution in [-0.2, 0) is 0 Å². The van der Waals surface area contributed by atoms with Gasteiger partial charge in [0, 0.05) is 59.2 Å². The SMILES string of the molecule is Cc1c[nH]c2cccnc12.Cc1c[nH]c2ncccc12.Cc1cc2[nH]ccc2cn1. The molecule has 0 saturated heterocycles. The van der Waals surface area contributed by atoms with Crippen LogP contribution >= 0.6 is 0 Å². The number of nitrogens with one attached hydrogen (secondary N) is 3. The van der Waals surface area contributed by atoms with Crippen molar-refractivity contribution < 1.29 is 0 Å². The molecule has 0 bridgehead atoms. The van der Waals surface area contributed by atoms with Gasteiger partial charge in [-0.05, 0) is 68.3 Å². The fourth-order valence-electron chi connectivity index (χ4n) is 3.23. The molecule has 0 aromatic carbocycles. The van der Waals surface area contributed by atoms with E-state index in [-0.39, 0.29) is 0 Å². The van der Waals surface area contributed by atoms with E-state index in [0.29, 0.717) is 0 Å². The van der Waals surface area contributed by atoms with Crippen molar-refractivity contribution in [2.24, 2.45) is 0 Å². The molecular formula is C24H24N6. The molecule has 0 spiro atoms. The number of aromatic nitrogens is 6. The van der Waals surface area contributed by atoms with Gasteiger partial charge in [0.05, 0.1) is 11.0 Å². The van der Waals surface area contributed by atoms with Crippen molar-refractivity contribution in [1.29, 1.82) is 0 Å². The molecule has 6 rings (SSSR count). The number of hydrogen-bond acceptors (Lipinski definition) is 3. The van der Waals surface area contributed by atoms with E-state index in [1.165, 1.54) is 21.9 Å². The third-order valence-corrected chi connectivity index (χ3v) is 4.86. The summed E-state index contributed by atoms with van der Waals surface area (Å²) in [6, 6.07) is 12.0. The second-order valence-corrected chi connectivity index (χ2v) is 7.13. The first-order valence-electron chi connectivity index (χ1n) is 9.79. The Morgan fingerprint density at radius 2 is 1.53 bits per heavy atom. The minimum absolute atomic E-state index is 0.972. The molecule has 0 radical (unpaired) electrons. The molecule has 150 valence electrons. The van der Waals surface area contributed by atoms with Crippen LogP contribution < -0.4 is 0 Å². The number of aryl methyl sites for hydroxylation is 3. The van der Waals surface area contributed by atoms with E-state index in [9.17, 15) is 0 Å². The van der Waals surface area contributed by atoms with Crippen molar-refractivity contribution in [3.05, 3.63) is 90.4 Å². The Labute approximate surface area is 174 Å². The van der Waals surface area contributed by atoms with E-state index in [1.54, 1.807) is 6.20 Å². The largest absolute Gasteiger partial charge is 0.361 e. The number of aromatic amines is 3. The van der Waals surface area contributed by atoms with E-state index in [0.717, 1.165) is 27.9 Å². The maximum Gasteiger partial charge on any atom is 0.137 e. The molecular weight excluding hydrogens is 372 g/mol. The first kappa shape index (κ1) is 19.4. The molecule has 0 aliphatic rings. The summed E-state index contributed by atoms with van der Waals surface area (Å²) < 4.78 is 0. The minimum atomic E-state index is 0.972. The number of rotatable bonds is 0. The van der Waals surface area contributed by atoms with Crippen LogP contribution in [0.5, 0.6) is 0 Å². The quantitative estimate of drug-likeness (QED) is 0.312. The van der Waals surface area contributed by atoms with Gasteiger partial charge in [0.15, 0.2) is 0 Å². The second-order valence-electron chi connectivity index (χ2n) is 7.13. The zero-order valence-electron chi connectivity index (χ0n) is 17.3. The van der Waals surface area contributed by atoms with Crippen LogP contribution in [-0.4, -0.2) is 29.9 Å². The van der Waals surface area contributed by atoms with Crippen molar-refractivity contribution in [3.8, 4) is 0 Å². The fraction of sp³-hybridized carbons (Fsp3) is 0.125. The smallest absolute Gasteiger partial charge is 0.137 e. The summed E-state index contributed by atoms with van der Waals surface area (Å²) in [6.07, 6.45) is 11.3. The van der Waals surface area contributed by atoms with Crippen LogP contribution in [0.3, 0.4) is 0 Å². The molecule has 6 heterocycles. The minimum Gasteiger partial charge on any atom is -0.361 e. The van der Waals surface area contributed by atoms with E-state index in [4.69, 9.17) is 0 Å². The third-order valence-electron chi connectivity index (χ3n) is 4.86. The van der Waals surface area contributed by atoms with Crippen molar-refractivity contribution in [1.82, 2.24) is 29.9 Å². The van der Waals surface area contributed by atoms with Gasteiger partial charge in [0.2, 0.25) is 0 Å². The Balaban J connectivity index is 0.000000109. The van der Waals surface area contributed by atoms with Crippen LogP contribution in [0, 0.1) is 20.8 Å². The molecule has 6 heteroatoms. The summed E-state index contributed by atoms with van der Waals surface area (Å²) in [4.78, 5) is 21.8. The molecule has 0 aliphatic heterocycles. The Kier molecular flexibility index (Phi) is 5.57. The summed E-state index contributed by atoms with van der Waals surface area (Å²) in [7, 11) is 0. The van der Waals surface area contributed by atoms with Gasteiger partial charge in [0.1, 0.15) is 5.65 Å². The van der Waals surface area contributed by atoms with Gasteiger partial charge in [-0.1, -0.05) is 0 Å². The van der Waals surface area contributed by atoms with Crippen LogP contribution in [0.2, 0.25) is 0 Å². The molecule has 0 aliphatic carbocycles. The Bertz CT molecular complexity index is 1320. The number of hydrogen-bond donors (Lipinski definition) is 3. The van der Waals surface area contributed by atoms with Crippen LogP contribution in [0.25, 0.3) is 33.0 Å². The fourth-order valence-corrected chi connectivity index (χ4v) is 3.23. The van der Waals surface area contributed by atoms with E-state index < -0.39 is 0 Å². The summed E-state index contributed by atoms with van der Waals surface area (Å²) in [5.74, 6) is 0. The number of H-pyrrole nitrogens is 3. The second kappa shape index (κ2) is 8.61. The van der Waals surface area contributed by atoms with Gasteiger partial charge < -0.3 is 15.0 Å². The highest BCUT2D eigenvalue weighted by Gasteiger charge is 1.97. The van der Waals surface area contributed by atoms with Crippen molar-refractivity contribution >= 4 is 33.0 Å². The predicted molar refractivity (Wildman–Crippen MR) is 122 cm³/mol. The first-order valence-corrected chi connectivity index (χ1v) is 9.79. The van der Waals surface area contributed by atoms with Gasteiger partial charge >= 0.3 is 0 Å². The molecule has 0 saturated carbocycles. The lowest BCUT2D eigenvalue weighted by Crippen LogP contribution is -1.77. The van der Waals surface area contributed by atoms with Gasteiger partial charge in [-0.2, -0.15) is 0 Å². The maximum atomic E-state index is 4.21. The Hall–Kier alpha value is -3.93. The number of fused-ring (bicyclic) bond motifs is 3. The lowest BCUT2D eigenvalue weighted by molar-refractivity contribution is 1.22. The Morgan fingerprint density at radius 3 is 2.37 bits per heavy atom. The standard InChI is InChI=1S/3C8H8N2/c1-6-4-8-7(5-10-6)2-3-9-8;1-6-5-10-7-3-2-4-9-8(6)7;1-6-5-10-8-7(6)3-2-4-9-8/h2-5,9H,1H3;2-5,10H,1H3;2-5H,1H3,(H,9,10). The lowest BCUT2D eigenvalue weighted by atomic mass is 10.2. The van der Waals surface area contributed by atoms with E-state index >= 15 is 0 Å². The summed E-state index contributed by atoms with van der Waals surface area (Å²) in [5, 5.41) is 2.38. The summed E-state index contributed by atoms with van der Waals surface area (Å²) in [5.41, 5.74) is 7.82. The molecule has 6 aromatic rings. The Morgan fingerprint density at radius 1 is 0.733 bits per heavy atom. The van der Waals surface area contributed by atoms with Gasteiger partial charge in [-0.25, -0.2) is 4.98 Å². The molecule has 0 unspecified atom stereocenters. The number of nitrogens with zero attached hydrogens (tertiary/aromatic N) is 3. The van der Waals surface area contributed by atoms with Crippen LogP contribution in [0.15, 0.2) is 73.6 Å². The summed E-state index contributed by atoms with van der Waals surface area (Å²) in [6.45, 7) is 6.10. The van der Waals surface area contributed by atoms with Crippen molar-refractivity contribution in [2.45, 2.75) is 20.8 Å². The van der Waals surface area contributed by atoms with Crippen molar-refractivity contribution in [3.63, 3.8) is 0 Å². The highest BCUT2D eigenvalue weighted by Crippen LogP contribution is 2.13. The van der Waals surface area contributed by atoms with Gasteiger partial charge in [-0.3, -0.25) is 9.97 Å². The highest BCUT2D eigenvalue weighted by molar-refractivity contribution is 5.79. The maximum absolute atomic E-state index is 4.21. The highest BCUT2D eigenvalue weighted by atomic mass is 14.8. The van der Waals surface area contributed by atoms with Gasteiger partial charge in [0.25, 0.3) is 0 Å². The first-order chi connectivity index (χ1) is 14.6. The number of pyridine rings is 3. The van der Waals surface area contributed by atoms with Crippen LogP contribution in [0.1, 0.15) is 16.8 Å². The monoisotopic (exact) mass is 396 g/mol. The molecule has 6 nitrogen and oxygen atoms in total. The molecule has 0 atom stereocenters. The van der Waals surface area contributed by atoms with Gasteiger partial charge in [-0.15, -0.1) is 0 Å². The third kappa shape index (κ3) is 4.22. The van der Waals surface area contributed by atoms with E-state index in [1.807, 2.05) is 75.2 Å². The van der Waals surface area contributed by atoms with E-state index in [2.05, 4.69) is 42.9 Å². The summed E-state index contributed by atoms with van der Waals surface area (Å²) >= 11 is 0. The lowest BCUT2D eigenvalue weighted by Gasteiger charge is -1.89. The molecule has 6 aromatic heterocycles. The predicted octanol–water partition coefficient (Wildman–Crippen LogP) is 5.61. The average molecular weight is 396 g/mol. The average Bonchev–Trinajstić information content (AvgIpc) is 3.49. The normalized spacial score (nSPS) is 10.5. The topological polar surface area (TPSA) is 86.0 Å². The zero-order chi connectivity index (χ0) is 20.9. The molecule has 3 N–H and O–H groups in total. The van der Waals surface area contributed by atoms with Crippen LogP contribution in [0.4, 0.5) is 0 Å². The molecule has 0 fully saturated rings. The zero-order valence-corrected chi connectivity index (χ0v) is 17.3. The van der Waals surface area contributed by atoms with Crippen molar-refractivity contribution in [2.75, 3.05) is 0 Å². The molecule has 30 heavy (non-hydrogen) atoms.